The van der Waals surface area contributed by atoms with Crippen molar-refractivity contribution in [1.29, 1.82) is 0 Å². The lowest BCUT2D eigenvalue weighted by Crippen LogP contribution is -2.40. The number of hydrogen-bond donors (Lipinski definition) is 0. The maximum Gasteiger partial charge on any atom is 0.332 e. The van der Waals surface area contributed by atoms with E-state index in [-0.39, 0.29) is 17.8 Å². The van der Waals surface area contributed by atoms with E-state index in [0.717, 1.165) is 16.8 Å². The van der Waals surface area contributed by atoms with E-state index in [1.165, 1.54) is 9.13 Å². The Kier molecular flexibility index (Phi) is 4.26. The summed E-state index contributed by atoms with van der Waals surface area (Å²) in [5.41, 5.74) is 2.92. The first-order valence-electron chi connectivity index (χ1n) is 9.09. The van der Waals surface area contributed by atoms with Crippen molar-refractivity contribution in [2.24, 2.45) is 12.1 Å². The van der Waals surface area contributed by atoms with Gasteiger partial charge in [-0.05, 0) is 19.4 Å². The van der Waals surface area contributed by atoms with Crippen LogP contribution < -0.4 is 16.3 Å². The predicted octanol–water partition coefficient (Wildman–Crippen LogP) is 1.64. The molecule has 0 aliphatic carbocycles. The Morgan fingerprint density at radius 3 is 2.57 bits per heavy atom. The van der Waals surface area contributed by atoms with Crippen LogP contribution in [-0.4, -0.2) is 30.9 Å². The largest absolute Gasteiger partial charge is 0.332 e. The zero-order valence-corrected chi connectivity index (χ0v) is 16.2. The van der Waals surface area contributed by atoms with Gasteiger partial charge >= 0.3 is 5.69 Å². The molecule has 28 heavy (non-hydrogen) atoms. The van der Waals surface area contributed by atoms with Gasteiger partial charge in [0.1, 0.15) is 0 Å². The van der Waals surface area contributed by atoms with E-state index in [0.29, 0.717) is 30.2 Å². The highest BCUT2D eigenvalue weighted by Gasteiger charge is 2.26. The summed E-state index contributed by atoms with van der Waals surface area (Å²) >= 11 is 0. The van der Waals surface area contributed by atoms with Crippen molar-refractivity contribution in [3.8, 4) is 0 Å². The Bertz CT molecular complexity index is 1230. The van der Waals surface area contributed by atoms with Gasteiger partial charge in [0.15, 0.2) is 11.2 Å². The van der Waals surface area contributed by atoms with Crippen LogP contribution in [0.1, 0.15) is 18.1 Å². The number of hydrogen-bond acceptors (Lipinski definition) is 5. The summed E-state index contributed by atoms with van der Waals surface area (Å²) in [7, 11) is 1.64. The number of rotatable bonds is 4. The van der Waals surface area contributed by atoms with Crippen LogP contribution in [0.2, 0.25) is 0 Å². The Labute approximate surface area is 161 Å². The molecular weight excluding hydrogens is 356 g/mol. The molecule has 0 N–H and O–H groups in total. The summed E-state index contributed by atoms with van der Waals surface area (Å²) in [5.74, 6) is 0.542. The highest BCUT2D eigenvalue weighted by molar-refractivity contribution is 5.87. The number of fused-ring (bicyclic) bond motifs is 3. The van der Waals surface area contributed by atoms with Crippen LogP contribution in [0.3, 0.4) is 0 Å². The van der Waals surface area contributed by atoms with Crippen molar-refractivity contribution >= 4 is 22.8 Å². The van der Waals surface area contributed by atoms with Gasteiger partial charge in [0.25, 0.3) is 5.56 Å². The Morgan fingerprint density at radius 1 is 1.18 bits per heavy atom. The fourth-order valence-corrected chi connectivity index (χ4v) is 3.48. The van der Waals surface area contributed by atoms with Gasteiger partial charge in [-0.25, -0.2) is 9.80 Å². The Hall–Kier alpha value is -3.42. The second kappa shape index (κ2) is 6.63. The molecule has 1 aliphatic rings. The van der Waals surface area contributed by atoms with Gasteiger partial charge in [0.05, 0.1) is 25.3 Å². The van der Waals surface area contributed by atoms with Crippen LogP contribution in [0, 0.1) is 6.92 Å². The molecule has 3 aromatic rings. The summed E-state index contributed by atoms with van der Waals surface area (Å²) in [4.78, 5) is 30.7. The summed E-state index contributed by atoms with van der Waals surface area (Å²) in [6, 6.07) is 7.80. The van der Waals surface area contributed by atoms with Crippen LogP contribution in [-0.2, 0) is 20.1 Å². The Balaban J connectivity index is 1.94. The van der Waals surface area contributed by atoms with Gasteiger partial charge in [0, 0.05) is 7.05 Å². The van der Waals surface area contributed by atoms with Crippen molar-refractivity contribution in [3.05, 3.63) is 68.9 Å². The zero-order chi connectivity index (χ0) is 20.0. The normalized spacial score (nSPS) is 13.5. The van der Waals surface area contributed by atoms with Crippen LogP contribution in [0.15, 0.2) is 51.6 Å². The molecule has 3 heterocycles. The molecule has 0 bridgehead atoms. The van der Waals surface area contributed by atoms with E-state index < -0.39 is 0 Å². The third-order valence-electron chi connectivity index (χ3n) is 4.88. The van der Waals surface area contributed by atoms with E-state index in [2.05, 4.69) is 16.7 Å². The summed E-state index contributed by atoms with van der Waals surface area (Å²) in [6.07, 6.45) is 1.72. The predicted molar refractivity (Wildman–Crippen MR) is 110 cm³/mol. The lowest BCUT2D eigenvalue weighted by Gasteiger charge is -2.23. The molecule has 8 heteroatoms. The highest BCUT2D eigenvalue weighted by atomic mass is 16.2. The van der Waals surface area contributed by atoms with E-state index in [1.54, 1.807) is 18.1 Å². The number of nitrogens with zero attached hydrogens (tertiary/aromatic N) is 6. The van der Waals surface area contributed by atoms with Crippen molar-refractivity contribution in [2.75, 3.05) is 11.6 Å². The topological polar surface area (TPSA) is 77.4 Å². The van der Waals surface area contributed by atoms with Gasteiger partial charge in [0.2, 0.25) is 5.95 Å². The molecule has 0 radical (unpaired) electrons. The fourth-order valence-electron chi connectivity index (χ4n) is 3.48. The van der Waals surface area contributed by atoms with Crippen LogP contribution in [0.5, 0.6) is 0 Å². The van der Waals surface area contributed by atoms with Crippen molar-refractivity contribution in [2.45, 2.75) is 26.9 Å². The van der Waals surface area contributed by atoms with Gasteiger partial charge in [-0.15, -0.1) is 6.58 Å². The Morgan fingerprint density at radius 2 is 1.89 bits per heavy atom. The molecule has 0 atom stereocenters. The van der Waals surface area contributed by atoms with Crippen LogP contribution in [0.4, 0.5) is 5.95 Å². The average Bonchev–Trinajstić information content (AvgIpc) is 3.05. The molecule has 0 saturated carbocycles. The van der Waals surface area contributed by atoms with Crippen LogP contribution >= 0.6 is 0 Å². The maximum atomic E-state index is 13.3. The molecule has 0 spiro atoms. The number of anilines is 1. The molecule has 0 saturated heterocycles. The summed E-state index contributed by atoms with van der Waals surface area (Å²) < 4.78 is 4.52. The number of imidazole rings is 1. The lowest BCUT2D eigenvalue weighted by atomic mass is 10.1. The molecule has 1 aliphatic heterocycles. The molecule has 0 amide bonds. The minimum absolute atomic E-state index is 0.214. The maximum absolute atomic E-state index is 13.3. The standard InChI is InChI=1S/C20H22N6O2/c1-5-10-26-19-21-17-16(24(19)11-14(3)22-26)18(27)25(20(28)23(17)4)12-15-8-6-13(2)7-9-15/h5-9H,1,10-12H2,2-4H3. The fraction of sp³-hybridized carbons (Fsp3) is 0.300. The van der Waals surface area contributed by atoms with Gasteiger partial charge in [-0.2, -0.15) is 10.1 Å². The molecule has 1 aromatic carbocycles. The first-order chi connectivity index (χ1) is 13.4. The van der Waals surface area contributed by atoms with Crippen LogP contribution in [0.25, 0.3) is 11.2 Å². The van der Waals surface area contributed by atoms with E-state index in [9.17, 15) is 9.59 Å². The van der Waals surface area contributed by atoms with Gasteiger partial charge in [-0.1, -0.05) is 35.9 Å². The van der Waals surface area contributed by atoms with Gasteiger partial charge in [-0.3, -0.25) is 18.5 Å². The molecule has 0 fully saturated rings. The van der Waals surface area contributed by atoms with Crippen molar-refractivity contribution < 1.29 is 0 Å². The molecule has 8 nitrogen and oxygen atoms in total. The SMILES string of the molecule is C=CCN1N=C(C)Cn2c1nc1c2c(=O)n(Cc2ccc(C)cc2)c(=O)n1C. The molecule has 0 unspecified atom stereocenters. The smallest absolute Gasteiger partial charge is 0.297 e. The highest BCUT2D eigenvalue weighted by Crippen LogP contribution is 2.23. The minimum Gasteiger partial charge on any atom is -0.297 e. The van der Waals surface area contributed by atoms with Crippen molar-refractivity contribution in [1.82, 2.24) is 18.7 Å². The third kappa shape index (κ3) is 2.77. The van der Waals surface area contributed by atoms with Gasteiger partial charge < -0.3 is 0 Å². The lowest BCUT2D eigenvalue weighted by molar-refractivity contribution is 0.653. The summed E-state index contributed by atoms with van der Waals surface area (Å²) in [6.45, 7) is 8.79. The zero-order valence-electron chi connectivity index (χ0n) is 16.2. The number of hydrazone groups is 1. The molecule has 4 rings (SSSR count). The quantitative estimate of drug-likeness (QED) is 0.647. The third-order valence-corrected chi connectivity index (χ3v) is 4.88. The van der Waals surface area contributed by atoms with Crippen molar-refractivity contribution in [3.63, 3.8) is 0 Å². The molecular formula is C20H22N6O2. The number of aryl methyl sites for hydroxylation is 2. The number of aromatic nitrogens is 4. The van der Waals surface area contributed by atoms with E-state index in [1.807, 2.05) is 42.7 Å². The number of benzene rings is 1. The molecule has 2 aromatic heterocycles. The molecule has 144 valence electrons. The van der Waals surface area contributed by atoms with E-state index >= 15 is 0 Å². The van der Waals surface area contributed by atoms with E-state index in [4.69, 9.17) is 0 Å². The average molecular weight is 378 g/mol. The second-order valence-electron chi connectivity index (χ2n) is 7.09. The first-order valence-corrected chi connectivity index (χ1v) is 9.09. The monoisotopic (exact) mass is 378 g/mol. The minimum atomic E-state index is -0.388. The first kappa shape index (κ1) is 18.0. The second-order valence-corrected chi connectivity index (χ2v) is 7.09. The summed E-state index contributed by atoms with van der Waals surface area (Å²) in [5, 5.41) is 6.18.